The average molecular weight is 491 g/mol. The van der Waals surface area contributed by atoms with Crippen molar-refractivity contribution in [1.29, 1.82) is 5.41 Å². The van der Waals surface area contributed by atoms with E-state index in [1.165, 1.54) is 0 Å². The highest BCUT2D eigenvalue weighted by atomic mass is 16.5. The van der Waals surface area contributed by atoms with Crippen molar-refractivity contribution in [2.75, 3.05) is 37.7 Å². The molecule has 1 saturated heterocycles. The van der Waals surface area contributed by atoms with E-state index in [0.717, 1.165) is 29.8 Å². The highest BCUT2D eigenvalue weighted by molar-refractivity contribution is 6.15. The fourth-order valence-corrected chi connectivity index (χ4v) is 5.06. The van der Waals surface area contributed by atoms with E-state index in [9.17, 15) is 15.0 Å². The molecule has 0 saturated carbocycles. The first kappa shape index (κ1) is 25.5. The van der Waals surface area contributed by atoms with Gasteiger partial charge in [-0.3, -0.25) is 20.1 Å². The number of allylic oxidation sites excluding steroid dienone is 2. The van der Waals surface area contributed by atoms with Crippen molar-refractivity contribution >= 4 is 23.2 Å². The van der Waals surface area contributed by atoms with Crippen LogP contribution in [-0.4, -0.2) is 71.5 Å². The first-order valence-electron chi connectivity index (χ1n) is 12.4. The van der Waals surface area contributed by atoms with Gasteiger partial charge >= 0.3 is 0 Å². The van der Waals surface area contributed by atoms with E-state index in [4.69, 9.17) is 11.2 Å². The Hall–Kier alpha value is -3.64. The number of H-pyrrole nitrogens is 1. The Labute approximate surface area is 212 Å². The van der Waals surface area contributed by atoms with Gasteiger partial charge < -0.3 is 19.9 Å². The van der Waals surface area contributed by atoms with Crippen molar-refractivity contribution in [2.45, 2.75) is 52.5 Å². The van der Waals surface area contributed by atoms with Gasteiger partial charge in [-0.1, -0.05) is 12.0 Å². The van der Waals surface area contributed by atoms with Gasteiger partial charge in [-0.15, -0.1) is 6.42 Å². The summed E-state index contributed by atoms with van der Waals surface area (Å²) in [7, 11) is 0. The van der Waals surface area contributed by atoms with E-state index in [-0.39, 0.29) is 30.8 Å². The number of anilines is 1. The zero-order valence-electron chi connectivity index (χ0n) is 21.2. The van der Waals surface area contributed by atoms with Crippen LogP contribution < -0.4 is 10.2 Å². The number of hydrogen-bond acceptors (Lipinski definition) is 6. The van der Waals surface area contributed by atoms with Crippen LogP contribution in [0.15, 0.2) is 40.3 Å². The molecule has 2 amide bonds. The summed E-state index contributed by atoms with van der Waals surface area (Å²) in [5.74, 6) is 2.66. The number of nitrogens with one attached hydrogen (secondary N) is 3. The Kier molecular flexibility index (Phi) is 7.75. The molecule has 0 radical (unpaired) electrons. The number of nitrogens with zero attached hydrogens (tertiary/aromatic N) is 3. The van der Waals surface area contributed by atoms with E-state index in [2.05, 4.69) is 21.4 Å². The second-order valence-corrected chi connectivity index (χ2v) is 9.39. The van der Waals surface area contributed by atoms with Crippen molar-refractivity contribution in [3.05, 3.63) is 46.0 Å². The van der Waals surface area contributed by atoms with Crippen LogP contribution in [0.1, 0.15) is 45.2 Å². The smallest absolute Gasteiger partial charge is 0.231 e. The molecule has 36 heavy (non-hydrogen) atoms. The highest BCUT2D eigenvalue weighted by Crippen LogP contribution is 2.32. The molecular weight excluding hydrogens is 456 g/mol. The quantitative estimate of drug-likeness (QED) is 0.419. The molecule has 9 heteroatoms. The molecule has 1 aromatic heterocycles. The molecule has 0 bridgehead atoms. The Morgan fingerprint density at radius 3 is 2.69 bits per heavy atom. The van der Waals surface area contributed by atoms with Crippen LogP contribution in [0, 0.1) is 24.7 Å². The topological polar surface area (TPSA) is 114 Å². The third-order valence-electron chi connectivity index (χ3n) is 7.15. The fraction of sp³-hybridized carbons (Fsp3) is 0.481. The molecule has 4 rings (SSSR count). The van der Waals surface area contributed by atoms with Gasteiger partial charge in [0.1, 0.15) is 0 Å². The van der Waals surface area contributed by atoms with Gasteiger partial charge in [0.25, 0.3) is 0 Å². The number of ether oxygens (including phenoxy) is 1. The number of aryl methyl sites for hydroxylation is 1. The maximum atomic E-state index is 13.2. The van der Waals surface area contributed by atoms with Crippen LogP contribution in [0.5, 0.6) is 0 Å². The number of hydrogen-bond donors (Lipinski definition) is 3. The predicted octanol–water partition coefficient (Wildman–Crippen LogP) is 2.63. The third kappa shape index (κ3) is 5.14. The van der Waals surface area contributed by atoms with Gasteiger partial charge in [0, 0.05) is 68.1 Å². The summed E-state index contributed by atoms with van der Waals surface area (Å²) in [6.45, 7) is 7.92. The molecule has 1 aromatic rings. The fourth-order valence-electron chi connectivity index (χ4n) is 5.06. The van der Waals surface area contributed by atoms with Crippen LogP contribution in [0.3, 0.4) is 0 Å². The maximum Gasteiger partial charge on any atom is 0.231 e. The molecule has 3 aliphatic rings. The van der Waals surface area contributed by atoms with Gasteiger partial charge in [-0.2, -0.15) is 5.10 Å². The van der Waals surface area contributed by atoms with Crippen molar-refractivity contribution < 1.29 is 14.3 Å². The predicted molar refractivity (Wildman–Crippen MR) is 139 cm³/mol. The largest absolute Gasteiger partial charge is 0.385 e. The van der Waals surface area contributed by atoms with E-state index in [1.807, 2.05) is 19.9 Å². The molecule has 0 aliphatic carbocycles. The number of amides is 2. The summed E-state index contributed by atoms with van der Waals surface area (Å²) in [5, 5.41) is 19.8. The SMILES string of the molecule is C#CC1=C(/C(=C\C)C(=N)C2=C(NC3CCOCC3)CCN(C(C)=O)C2)CC(=O)N(c2cn[nH]c2C)C1. The van der Waals surface area contributed by atoms with Crippen molar-refractivity contribution in [2.24, 2.45) is 0 Å². The lowest BCUT2D eigenvalue weighted by Crippen LogP contribution is -2.43. The molecule has 3 aliphatic heterocycles. The number of carbonyl (C=O) groups is 2. The number of carbonyl (C=O) groups excluding carboxylic acids is 2. The van der Waals surface area contributed by atoms with Crippen LogP contribution in [-0.2, 0) is 14.3 Å². The normalized spacial score (nSPS) is 20.1. The van der Waals surface area contributed by atoms with Gasteiger partial charge in [0.05, 0.1) is 36.3 Å². The zero-order valence-corrected chi connectivity index (χ0v) is 21.2. The lowest BCUT2D eigenvalue weighted by molar-refractivity contribution is -0.128. The van der Waals surface area contributed by atoms with Gasteiger partial charge in [0.15, 0.2) is 0 Å². The highest BCUT2D eigenvalue weighted by Gasteiger charge is 2.32. The molecule has 9 nitrogen and oxygen atoms in total. The Bertz CT molecular complexity index is 1190. The second kappa shape index (κ2) is 11.0. The van der Waals surface area contributed by atoms with Crippen molar-refractivity contribution in [1.82, 2.24) is 20.4 Å². The van der Waals surface area contributed by atoms with E-state index >= 15 is 0 Å². The molecule has 4 heterocycles. The summed E-state index contributed by atoms with van der Waals surface area (Å²) in [4.78, 5) is 28.8. The second-order valence-electron chi connectivity index (χ2n) is 9.39. The first-order valence-corrected chi connectivity index (χ1v) is 12.4. The molecule has 1 fully saturated rings. The van der Waals surface area contributed by atoms with Crippen LogP contribution in [0.25, 0.3) is 0 Å². The monoisotopic (exact) mass is 490 g/mol. The van der Waals surface area contributed by atoms with E-state index in [0.29, 0.717) is 60.8 Å². The molecule has 0 unspecified atom stereocenters. The van der Waals surface area contributed by atoms with E-state index < -0.39 is 0 Å². The minimum atomic E-state index is -0.0933. The van der Waals surface area contributed by atoms with E-state index in [1.54, 1.807) is 22.9 Å². The van der Waals surface area contributed by atoms with Gasteiger partial charge in [-0.05, 0) is 32.3 Å². The Morgan fingerprint density at radius 2 is 2.08 bits per heavy atom. The zero-order chi connectivity index (χ0) is 25.8. The van der Waals surface area contributed by atoms with Crippen LogP contribution in [0.2, 0.25) is 0 Å². The Morgan fingerprint density at radius 1 is 1.33 bits per heavy atom. The van der Waals surface area contributed by atoms with Crippen LogP contribution >= 0.6 is 0 Å². The number of rotatable bonds is 6. The molecule has 3 N–H and O–H groups in total. The maximum absolute atomic E-state index is 13.2. The van der Waals surface area contributed by atoms with Crippen LogP contribution in [0.4, 0.5) is 5.69 Å². The third-order valence-corrected chi connectivity index (χ3v) is 7.15. The molecular formula is C27H34N6O3. The summed E-state index contributed by atoms with van der Waals surface area (Å²) in [5.41, 5.74) is 5.59. The molecule has 190 valence electrons. The summed E-state index contributed by atoms with van der Waals surface area (Å²) in [6, 6.07) is 0.276. The average Bonchev–Trinajstić information content (AvgIpc) is 3.30. The first-order chi connectivity index (χ1) is 17.3. The minimum Gasteiger partial charge on any atom is -0.385 e. The summed E-state index contributed by atoms with van der Waals surface area (Å²) >= 11 is 0. The lowest BCUT2D eigenvalue weighted by Gasteiger charge is -2.35. The van der Waals surface area contributed by atoms with Crippen molar-refractivity contribution in [3.63, 3.8) is 0 Å². The summed E-state index contributed by atoms with van der Waals surface area (Å²) < 4.78 is 5.50. The van der Waals surface area contributed by atoms with Gasteiger partial charge in [-0.25, -0.2) is 0 Å². The minimum absolute atomic E-state index is 0.0186. The number of terminal acetylenes is 1. The number of aromatic nitrogens is 2. The molecule has 0 spiro atoms. The number of aromatic amines is 1. The standard InChI is InChI=1S/C27H34N6O3/c1-5-19-15-33(25-14-29-31-17(25)3)26(35)13-22(19)21(6-2)27(28)23-16-32(18(4)34)10-7-24(23)30-20-8-11-36-12-9-20/h1,6,14,20,28,30H,7-13,15-16H2,2-4H3,(H,29,31)/b21-6+,28-27?. The molecule has 0 atom stereocenters. The lowest BCUT2D eigenvalue weighted by atomic mass is 9.85. The van der Waals surface area contributed by atoms with Gasteiger partial charge in [0.2, 0.25) is 11.8 Å². The molecule has 0 aromatic carbocycles. The Balaban J connectivity index is 1.67. The van der Waals surface area contributed by atoms with Crippen molar-refractivity contribution in [3.8, 4) is 12.3 Å². The summed E-state index contributed by atoms with van der Waals surface area (Å²) in [6.07, 6.45) is 12.0.